The summed E-state index contributed by atoms with van der Waals surface area (Å²) in [6.07, 6.45) is 7.31. The zero-order valence-corrected chi connectivity index (χ0v) is 17.5. The van der Waals surface area contributed by atoms with Gasteiger partial charge in [-0.1, -0.05) is 19.8 Å². The van der Waals surface area contributed by atoms with Crippen molar-refractivity contribution in [1.29, 1.82) is 0 Å². The number of hydrogen-bond acceptors (Lipinski definition) is 3. The van der Waals surface area contributed by atoms with Crippen LogP contribution in [0.25, 0.3) is 0 Å². The summed E-state index contributed by atoms with van der Waals surface area (Å²) >= 11 is 0. The van der Waals surface area contributed by atoms with Crippen molar-refractivity contribution in [2.75, 3.05) is 32.7 Å². The number of nitrogens with zero attached hydrogens (tertiary/aromatic N) is 2. The molecule has 0 aromatic carbocycles. The van der Waals surface area contributed by atoms with E-state index in [-0.39, 0.29) is 29.9 Å². The third-order valence-corrected chi connectivity index (χ3v) is 5.08. The number of likely N-dealkylation sites (tertiary alicyclic amines) is 1. The molecule has 1 aliphatic carbocycles. The summed E-state index contributed by atoms with van der Waals surface area (Å²) in [4.78, 5) is 18.0. The second-order valence-electron chi connectivity index (χ2n) is 7.37. The van der Waals surface area contributed by atoms with Gasteiger partial charge < -0.3 is 16.4 Å². The fraction of sp³-hybridized carbons (Fsp3) is 0.882. The van der Waals surface area contributed by atoms with Gasteiger partial charge in [0.15, 0.2) is 5.96 Å². The molecule has 2 aliphatic rings. The molecule has 140 valence electrons. The number of rotatable bonds is 6. The van der Waals surface area contributed by atoms with Crippen LogP contribution in [0, 0.1) is 5.41 Å². The van der Waals surface area contributed by atoms with Crippen LogP contribution < -0.4 is 16.4 Å². The summed E-state index contributed by atoms with van der Waals surface area (Å²) in [6.45, 7) is 8.44. The number of nitrogens with two attached hydrogens (primary N) is 1. The number of halogens is 1. The van der Waals surface area contributed by atoms with E-state index in [0.717, 1.165) is 45.0 Å². The Hall–Kier alpha value is -0.570. The molecule has 1 amide bonds. The first-order valence-electron chi connectivity index (χ1n) is 9.06. The van der Waals surface area contributed by atoms with Gasteiger partial charge in [0.1, 0.15) is 0 Å². The summed E-state index contributed by atoms with van der Waals surface area (Å²) in [6, 6.07) is 0.424. The molecule has 7 heteroatoms. The maximum absolute atomic E-state index is 11.0. The molecule has 1 saturated heterocycles. The minimum absolute atomic E-state index is 0. The maximum Gasteiger partial charge on any atom is 0.231 e. The zero-order valence-electron chi connectivity index (χ0n) is 15.1. The molecule has 1 saturated carbocycles. The van der Waals surface area contributed by atoms with Crippen molar-refractivity contribution >= 4 is 35.8 Å². The number of aliphatic imine (C=N–C) groups is 1. The Labute approximate surface area is 163 Å². The average molecular weight is 451 g/mol. The van der Waals surface area contributed by atoms with Gasteiger partial charge in [0.25, 0.3) is 0 Å². The van der Waals surface area contributed by atoms with E-state index in [4.69, 9.17) is 10.7 Å². The first-order valence-corrected chi connectivity index (χ1v) is 9.06. The molecular formula is C17H34IN5O. The van der Waals surface area contributed by atoms with Crippen LogP contribution in [0.3, 0.4) is 0 Å². The number of amides is 1. The molecule has 0 bridgehead atoms. The lowest BCUT2D eigenvalue weighted by atomic mass is 9.89. The van der Waals surface area contributed by atoms with Crippen molar-refractivity contribution in [1.82, 2.24) is 15.5 Å². The van der Waals surface area contributed by atoms with Crippen LogP contribution in [0.2, 0.25) is 0 Å². The monoisotopic (exact) mass is 451 g/mol. The average Bonchev–Trinajstić information content (AvgIpc) is 2.94. The summed E-state index contributed by atoms with van der Waals surface area (Å²) in [5.74, 6) is 0.699. The van der Waals surface area contributed by atoms with Crippen LogP contribution in [0.1, 0.15) is 52.4 Å². The van der Waals surface area contributed by atoms with Gasteiger partial charge in [0.2, 0.25) is 5.91 Å². The van der Waals surface area contributed by atoms with Crippen molar-refractivity contribution in [3.05, 3.63) is 0 Å². The van der Waals surface area contributed by atoms with Gasteiger partial charge in [0, 0.05) is 32.2 Å². The lowest BCUT2D eigenvalue weighted by Gasteiger charge is -2.32. The first kappa shape index (κ1) is 21.5. The molecule has 0 aromatic heterocycles. The molecule has 2 fully saturated rings. The molecule has 1 heterocycles. The molecule has 0 unspecified atom stereocenters. The Morgan fingerprint density at radius 2 is 1.92 bits per heavy atom. The number of primary amides is 1. The van der Waals surface area contributed by atoms with Crippen LogP contribution in [-0.2, 0) is 4.79 Å². The quantitative estimate of drug-likeness (QED) is 0.326. The highest BCUT2D eigenvalue weighted by Gasteiger charge is 2.28. The van der Waals surface area contributed by atoms with Crippen molar-refractivity contribution in [3.63, 3.8) is 0 Å². The third kappa shape index (κ3) is 7.13. The Bertz CT molecular complexity index is 415. The van der Waals surface area contributed by atoms with Gasteiger partial charge in [-0.05, 0) is 38.0 Å². The highest BCUT2D eigenvalue weighted by molar-refractivity contribution is 14.0. The second-order valence-corrected chi connectivity index (χ2v) is 7.37. The predicted octanol–water partition coefficient (Wildman–Crippen LogP) is 1.69. The predicted molar refractivity (Wildman–Crippen MR) is 110 cm³/mol. The molecule has 0 atom stereocenters. The summed E-state index contributed by atoms with van der Waals surface area (Å²) in [5.41, 5.74) is 5.65. The van der Waals surface area contributed by atoms with E-state index in [2.05, 4.69) is 29.4 Å². The van der Waals surface area contributed by atoms with E-state index in [1.807, 2.05) is 0 Å². The molecule has 1 aliphatic heterocycles. The number of hydrogen-bond donors (Lipinski definition) is 3. The number of piperidine rings is 1. The van der Waals surface area contributed by atoms with Crippen LogP contribution >= 0.6 is 24.0 Å². The molecule has 0 spiro atoms. The SMILES string of the molecule is CCNC(=NCC1(C)CCCC1)NC1CCN(CC(N)=O)CC1.I. The molecule has 0 aromatic rings. The fourth-order valence-electron chi connectivity index (χ4n) is 3.63. The smallest absolute Gasteiger partial charge is 0.231 e. The molecule has 0 radical (unpaired) electrons. The Balaban J connectivity index is 0.00000288. The van der Waals surface area contributed by atoms with E-state index < -0.39 is 0 Å². The number of carbonyl (C=O) groups is 1. The molecule has 6 nitrogen and oxygen atoms in total. The van der Waals surface area contributed by atoms with Gasteiger partial charge >= 0.3 is 0 Å². The first-order chi connectivity index (χ1) is 11.0. The molecular weight excluding hydrogens is 417 g/mol. The zero-order chi connectivity index (χ0) is 16.7. The van der Waals surface area contributed by atoms with Gasteiger partial charge in [0.05, 0.1) is 6.54 Å². The Kier molecular flexibility index (Phi) is 9.33. The fourth-order valence-corrected chi connectivity index (χ4v) is 3.63. The summed E-state index contributed by atoms with van der Waals surface area (Å²) in [5, 5.41) is 6.93. The van der Waals surface area contributed by atoms with E-state index in [1.54, 1.807) is 0 Å². The van der Waals surface area contributed by atoms with E-state index in [9.17, 15) is 4.79 Å². The van der Waals surface area contributed by atoms with E-state index in [0.29, 0.717) is 18.0 Å². The van der Waals surface area contributed by atoms with Crippen molar-refractivity contribution in [2.45, 2.75) is 58.4 Å². The van der Waals surface area contributed by atoms with Crippen molar-refractivity contribution in [3.8, 4) is 0 Å². The summed E-state index contributed by atoms with van der Waals surface area (Å²) in [7, 11) is 0. The van der Waals surface area contributed by atoms with Gasteiger partial charge in [-0.3, -0.25) is 14.7 Å². The largest absolute Gasteiger partial charge is 0.369 e. The van der Waals surface area contributed by atoms with Crippen molar-refractivity contribution < 1.29 is 4.79 Å². The van der Waals surface area contributed by atoms with E-state index >= 15 is 0 Å². The standard InChI is InChI=1S/C17H33N5O.HI/c1-3-19-16(20-13-17(2)8-4-5-9-17)21-14-6-10-22(11-7-14)12-15(18)23;/h14H,3-13H2,1-2H3,(H2,18,23)(H2,19,20,21);1H. The van der Waals surface area contributed by atoms with Gasteiger partial charge in [-0.2, -0.15) is 0 Å². The number of carbonyl (C=O) groups excluding carboxylic acids is 1. The third-order valence-electron chi connectivity index (χ3n) is 5.08. The normalized spacial score (nSPS) is 22.0. The maximum atomic E-state index is 11.0. The Morgan fingerprint density at radius 1 is 1.29 bits per heavy atom. The highest BCUT2D eigenvalue weighted by atomic mass is 127. The second kappa shape index (κ2) is 10.4. The van der Waals surface area contributed by atoms with Crippen LogP contribution in [0.15, 0.2) is 4.99 Å². The molecule has 2 rings (SSSR count). The van der Waals surface area contributed by atoms with Gasteiger partial charge in [-0.25, -0.2) is 0 Å². The Morgan fingerprint density at radius 3 is 2.46 bits per heavy atom. The molecule has 4 N–H and O–H groups in total. The molecule has 24 heavy (non-hydrogen) atoms. The summed E-state index contributed by atoms with van der Waals surface area (Å²) < 4.78 is 0. The number of nitrogens with one attached hydrogen (secondary N) is 2. The van der Waals surface area contributed by atoms with Gasteiger partial charge in [-0.15, -0.1) is 24.0 Å². The number of guanidine groups is 1. The van der Waals surface area contributed by atoms with Crippen molar-refractivity contribution in [2.24, 2.45) is 16.1 Å². The highest BCUT2D eigenvalue weighted by Crippen LogP contribution is 2.37. The lowest BCUT2D eigenvalue weighted by molar-refractivity contribution is -0.119. The topological polar surface area (TPSA) is 82.8 Å². The minimum Gasteiger partial charge on any atom is -0.369 e. The van der Waals surface area contributed by atoms with Crippen LogP contribution in [0.5, 0.6) is 0 Å². The van der Waals surface area contributed by atoms with Crippen LogP contribution in [0.4, 0.5) is 0 Å². The lowest BCUT2D eigenvalue weighted by Crippen LogP contribution is -2.50. The van der Waals surface area contributed by atoms with E-state index in [1.165, 1.54) is 25.7 Å². The van der Waals surface area contributed by atoms with Crippen LogP contribution in [-0.4, -0.2) is 55.5 Å². The minimum atomic E-state index is -0.240.